The van der Waals surface area contributed by atoms with Crippen LogP contribution in [0.15, 0.2) is 0 Å². The highest BCUT2D eigenvalue weighted by Crippen LogP contribution is 2.29. The summed E-state index contributed by atoms with van der Waals surface area (Å²) in [6, 6.07) is 0. The third-order valence-electron chi connectivity index (χ3n) is 4.99. The van der Waals surface area contributed by atoms with Gasteiger partial charge in [0.25, 0.3) is 0 Å². The number of alkyl halides is 1. The number of halogens is 1. The van der Waals surface area contributed by atoms with Gasteiger partial charge in [-0.25, -0.2) is 4.39 Å². The van der Waals surface area contributed by atoms with Crippen molar-refractivity contribution in [3.05, 3.63) is 0 Å². The zero-order chi connectivity index (χ0) is 17.0. The van der Waals surface area contributed by atoms with Gasteiger partial charge in [0.05, 0.1) is 0 Å². The lowest BCUT2D eigenvalue weighted by Gasteiger charge is -2.41. The maximum Gasteiger partial charge on any atom is 0.126 e. The van der Waals surface area contributed by atoms with E-state index in [4.69, 9.17) is 0 Å². The molecule has 2 heterocycles. The minimum Gasteiger partial charge on any atom is -0.303 e. The first kappa shape index (κ1) is 21.9. The van der Waals surface area contributed by atoms with Crippen LogP contribution in [0.5, 0.6) is 0 Å². The Kier molecular flexibility index (Phi) is 12.2. The lowest BCUT2D eigenvalue weighted by molar-refractivity contribution is 0.0161. The van der Waals surface area contributed by atoms with E-state index in [1.54, 1.807) is 0 Å². The topological polar surface area (TPSA) is 6.48 Å². The van der Waals surface area contributed by atoms with Crippen LogP contribution in [0.4, 0.5) is 4.39 Å². The summed E-state index contributed by atoms with van der Waals surface area (Å²) in [6.07, 6.45) is 5.30. The quantitative estimate of drug-likeness (QED) is 0.721. The molecular formula is C19H41FN2. The molecule has 2 aliphatic rings. The minimum atomic E-state index is -0.912. The van der Waals surface area contributed by atoms with Crippen molar-refractivity contribution >= 4 is 0 Å². The van der Waals surface area contributed by atoms with E-state index in [-0.39, 0.29) is 0 Å². The molecule has 0 bridgehead atoms. The molecule has 0 amide bonds. The Morgan fingerprint density at radius 1 is 0.864 bits per heavy atom. The van der Waals surface area contributed by atoms with Crippen molar-refractivity contribution in [1.29, 1.82) is 0 Å². The van der Waals surface area contributed by atoms with Crippen molar-refractivity contribution in [1.82, 2.24) is 9.80 Å². The van der Waals surface area contributed by atoms with Crippen LogP contribution in [0.25, 0.3) is 0 Å². The fraction of sp³-hybridized carbons (Fsp3) is 1.00. The molecule has 2 aliphatic heterocycles. The smallest absolute Gasteiger partial charge is 0.126 e. The van der Waals surface area contributed by atoms with E-state index in [1.165, 1.54) is 19.3 Å². The molecule has 2 rings (SSSR count). The summed E-state index contributed by atoms with van der Waals surface area (Å²) >= 11 is 0. The first-order valence-corrected chi connectivity index (χ1v) is 9.79. The fourth-order valence-corrected chi connectivity index (χ4v) is 3.38. The average Bonchev–Trinajstić information content (AvgIpc) is 2.60. The fourth-order valence-electron chi connectivity index (χ4n) is 3.38. The zero-order valence-corrected chi connectivity index (χ0v) is 16.1. The van der Waals surface area contributed by atoms with E-state index >= 15 is 0 Å². The van der Waals surface area contributed by atoms with Crippen LogP contribution in [0.2, 0.25) is 0 Å². The highest BCUT2D eigenvalue weighted by atomic mass is 19.1. The molecule has 0 spiro atoms. The maximum absolute atomic E-state index is 14.8. The van der Waals surface area contributed by atoms with Crippen LogP contribution in [-0.2, 0) is 0 Å². The van der Waals surface area contributed by atoms with Gasteiger partial charge in [-0.2, -0.15) is 0 Å². The summed E-state index contributed by atoms with van der Waals surface area (Å²) < 4.78 is 14.8. The van der Waals surface area contributed by atoms with Crippen molar-refractivity contribution in [3.8, 4) is 0 Å². The predicted molar refractivity (Wildman–Crippen MR) is 97.3 cm³/mol. The molecule has 0 unspecified atom stereocenters. The Bertz CT molecular complexity index is 242. The Balaban J connectivity index is 0.00000102. The summed E-state index contributed by atoms with van der Waals surface area (Å²) in [5.41, 5.74) is -0.912. The zero-order valence-electron chi connectivity index (χ0n) is 16.1. The van der Waals surface area contributed by atoms with Crippen LogP contribution >= 0.6 is 0 Å². The number of nitrogens with zero attached hydrogens (tertiary/aromatic N) is 2. The summed E-state index contributed by atoms with van der Waals surface area (Å²) in [5, 5.41) is 0. The van der Waals surface area contributed by atoms with Gasteiger partial charge in [0.2, 0.25) is 0 Å². The van der Waals surface area contributed by atoms with Crippen LogP contribution in [0, 0.1) is 5.92 Å². The van der Waals surface area contributed by atoms with Crippen LogP contribution < -0.4 is 0 Å². The molecule has 2 fully saturated rings. The minimum absolute atomic E-state index is 0.682. The molecule has 22 heavy (non-hydrogen) atoms. The van der Waals surface area contributed by atoms with Crippen LogP contribution in [-0.4, -0.2) is 54.7 Å². The van der Waals surface area contributed by atoms with Crippen LogP contribution in [0.3, 0.4) is 0 Å². The summed E-state index contributed by atoms with van der Waals surface area (Å²) in [7, 11) is 0. The van der Waals surface area contributed by atoms with Crippen molar-refractivity contribution in [2.45, 2.75) is 79.3 Å². The standard InChI is InChI=1S/C15H29FN2.2C2H6/c1-3-14-5-9-18(10-6-14)13-15(16)7-11-17(4-2)12-8-15;2*1-2/h14H,3-13H2,1-2H3;2*1-2H3. The normalized spacial score (nSPS) is 23.0. The Morgan fingerprint density at radius 3 is 1.77 bits per heavy atom. The SMILES string of the molecule is CC.CC.CCC1CCN(CC2(F)CCN(CC)CC2)CC1. The largest absolute Gasteiger partial charge is 0.303 e. The third kappa shape index (κ3) is 7.41. The highest BCUT2D eigenvalue weighted by molar-refractivity contribution is 4.90. The van der Waals surface area contributed by atoms with E-state index in [2.05, 4.69) is 23.6 Å². The Morgan fingerprint density at radius 2 is 1.36 bits per heavy atom. The molecule has 134 valence electrons. The molecule has 2 saturated heterocycles. The van der Waals surface area contributed by atoms with E-state index in [0.717, 1.165) is 51.5 Å². The van der Waals surface area contributed by atoms with Crippen molar-refractivity contribution in [2.75, 3.05) is 39.3 Å². The molecule has 3 heteroatoms. The molecule has 0 atom stereocenters. The maximum atomic E-state index is 14.8. The van der Waals surface area contributed by atoms with E-state index in [0.29, 0.717) is 6.54 Å². The van der Waals surface area contributed by atoms with Gasteiger partial charge in [0.1, 0.15) is 5.67 Å². The van der Waals surface area contributed by atoms with E-state index < -0.39 is 5.67 Å². The molecule has 0 radical (unpaired) electrons. The summed E-state index contributed by atoms with van der Waals surface area (Å²) in [6.45, 7) is 18.3. The molecule has 0 aromatic heterocycles. The van der Waals surface area contributed by atoms with Gasteiger partial charge in [0, 0.05) is 19.6 Å². The first-order valence-electron chi connectivity index (χ1n) is 9.79. The van der Waals surface area contributed by atoms with Crippen molar-refractivity contribution < 1.29 is 4.39 Å². The Labute approximate surface area is 139 Å². The van der Waals surface area contributed by atoms with Gasteiger partial charge in [0.15, 0.2) is 0 Å². The van der Waals surface area contributed by atoms with Gasteiger partial charge < -0.3 is 9.80 Å². The molecule has 0 aromatic carbocycles. The number of likely N-dealkylation sites (tertiary alicyclic amines) is 2. The molecule has 0 aromatic rings. The van der Waals surface area contributed by atoms with Crippen molar-refractivity contribution in [3.63, 3.8) is 0 Å². The molecule has 0 saturated carbocycles. The van der Waals surface area contributed by atoms with Gasteiger partial charge in [-0.05, 0) is 51.2 Å². The van der Waals surface area contributed by atoms with Gasteiger partial charge >= 0.3 is 0 Å². The van der Waals surface area contributed by atoms with Gasteiger partial charge in [-0.15, -0.1) is 0 Å². The predicted octanol–water partition coefficient (Wildman–Crippen LogP) is 4.98. The van der Waals surface area contributed by atoms with Crippen LogP contribution in [0.1, 0.15) is 73.6 Å². The summed E-state index contributed by atoms with van der Waals surface area (Å²) in [4.78, 5) is 4.73. The molecular weight excluding hydrogens is 275 g/mol. The second-order valence-corrected chi connectivity index (χ2v) is 6.21. The van der Waals surface area contributed by atoms with Gasteiger partial charge in [-0.1, -0.05) is 48.0 Å². The van der Waals surface area contributed by atoms with Gasteiger partial charge in [-0.3, -0.25) is 0 Å². The first-order chi connectivity index (χ1) is 10.6. The highest BCUT2D eigenvalue weighted by Gasteiger charge is 2.36. The number of rotatable bonds is 4. The number of piperidine rings is 2. The van der Waals surface area contributed by atoms with Crippen molar-refractivity contribution in [2.24, 2.45) is 5.92 Å². The third-order valence-corrected chi connectivity index (χ3v) is 4.99. The second kappa shape index (κ2) is 12.3. The molecule has 0 aliphatic carbocycles. The molecule has 2 nitrogen and oxygen atoms in total. The number of hydrogen-bond donors (Lipinski definition) is 0. The lowest BCUT2D eigenvalue weighted by Crippen LogP contribution is -2.49. The lowest BCUT2D eigenvalue weighted by atomic mass is 9.90. The monoisotopic (exact) mass is 316 g/mol. The van der Waals surface area contributed by atoms with E-state index in [9.17, 15) is 4.39 Å². The second-order valence-electron chi connectivity index (χ2n) is 6.21. The molecule has 0 N–H and O–H groups in total. The summed E-state index contributed by atoms with van der Waals surface area (Å²) in [5.74, 6) is 0.888. The Hall–Kier alpha value is -0.150. The van der Waals surface area contributed by atoms with E-state index in [1.807, 2.05) is 27.7 Å². The number of hydrogen-bond acceptors (Lipinski definition) is 2. The average molecular weight is 317 g/mol.